The molecule has 1 fully saturated rings. The molecule has 27 heavy (non-hydrogen) atoms. The average molecular weight is 509 g/mol. The first-order chi connectivity index (χ1) is 12.7. The zero-order valence-corrected chi connectivity index (χ0v) is 19.7. The van der Waals surface area contributed by atoms with Crippen molar-refractivity contribution in [1.29, 1.82) is 0 Å². The number of ether oxygens (including phenoxy) is 1. The second-order valence-corrected chi connectivity index (χ2v) is 9.33. The third-order valence-electron chi connectivity index (χ3n) is 4.02. The molecule has 0 aromatic carbocycles. The molecule has 0 aromatic rings. The maximum Gasteiger partial charge on any atom is 0.306 e. The van der Waals surface area contributed by atoms with Gasteiger partial charge in [-0.25, -0.2) is 0 Å². The van der Waals surface area contributed by atoms with Crippen LogP contribution in [0.4, 0.5) is 0 Å². The van der Waals surface area contributed by atoms with Gasteiger partial charge in [0.1, 0.15) is 6.10 Å². The van der Waals surface area contributed by atoms with E-state index in [-0.39, 0.29) is 19.2 Å². The standard InChI is InChI=1S/C11H22O4.C6H6Cl6/c1-2-3-4-5-6-7-11(14)15-10(8-12)9-13;7-1-2(8)4(10)6(12)5(11)3(1)9/h10,12-13H,2-9H2,1H3;1-6H. The fourth-order valence-corrected chi connectivity index (χ4v) is 4.63. The summed E-state index contributed by atoms with van der Waals surface area (Å²) in [4.78, 5) is 11.2. The highest BCUT2D eigenvalue weighted by Gasteiger charge is 2.46. The van der Waals surface area contributed by atoms with E-state index >= 15 is 0 Å². The van der Waals surface area contributed by atoms with Crippen LogP contribution in [0, 0.1) is 0 Å². The highest BCUT2D eigenvalue weighted by atomic mass is 35.5. The van der Waals surface area contributed by atoms with Crippen molar-refractivity contribution in [2.24, 2.45) is 0 Å². The predicted molar refractivity (Wildman–Crippen MR) is 115 cm³/mol. The first-order valence-electron chi connectivity index (χ1n) is 8.96. The van der Waals surface area contributed by atoms with Gasteiger partial charge < -0.3 is 14.9 Å². The highest BCUT2D eigenvalue weighted by molar-refractivity contribution is 6.45. The first-order valence-corrected chi connectivity index (χ1v) is 11.6. The third kappa shape index (κ3) is 10.6. The average Bonchev–Trinajstić information content (AvgIpc) is 2.67. The Morgan fingerprint density at radius 2 is 1.15 bits per heavy atom. The van der Waals surface area contributed by atoms with E-state index in [9.17, 15) is 4.79 Å². The van der Waals surface area contributed by atoms with Gasteiger partial charge in [-0.1, -0.05) is 32.6 Å². The highest BCUT2D eigenvalue weighted by Crippen LogP contribution is 2.39. The number of aliphatic hydroxyl groups excluding tert-OH is 2. The Hall–Kier alpha value is 1.13. The van der Waals surface area contributed by atoms with E-state index in [0.717, 1.165) is 19.3 Å². The number of unbranched alkanes of at least 4 members (excludes halogenated alkanes) is 4. The summed E-state index contributed by atoms with van der Waals surface area (Å²) in [5.74, 6) is -0.334. The summed E-state index contributed by atoms with van der Waals surface area (Å²) < 4.78 is 4.82. The Balaban J connectivity index is 0.000000511. The minimum atomic E-state index is -0.756. The van der Waals surface area contributed by atoms with Gasteiger partial charge in [0.2, 0.25) is 0 Å². The molecule has 4 nitrogen and oxygen atoms in total. The van der Waals surface area contributed by atoms with Crippen molar-refractivity contribution < 1.29 is 19.7 Å². The van der Waals surface area contributed by atoms with E-state index in [2.05, 4.69) is 6.92 Å². The lowest BCUT2D eigenvalue weighted by Crippen LogP contribution is -2.52. The molecule has 0 heterocycles. The number of aliphatic hydroxyl groups is 2. The summed E-state index contributed by atoms with van der Waals surface area (Å²) in [6.45, 7) is 1.50. The van der Waals surface area contributed by atoms with Gasteiger partial charge in [-0.05, 0) is 6.42 Å². The summed E-state index contributed by atoms with van der Waals surface area (Å²) >= 11 is 35.3. The molecule has 2 N–H and O–H groups in total. The molecule has 1 aliphatic rings. The molecule has 162 valence electrons. The first kappa shape index (κ1) is 28.1. The van der Waals surface area contributed by atoms with Crippen LogP contribution in [0.1, 0.15) is 45.4 Å². The molecule has 0 saturated heterocycles. The van der Waals surface area contributed by atoms with Crippen molar-refractivity contribution >= 4 is 75.6 Å². The van der Waals surface area contributed by atoms with E-state index in [1.807, 2.05) is 0 Å². The van der Waals surface area contributed by atoms with Gasteiger partial charge in [0.05, 0.1) is 45.5 Å². The molecule has 1 aliphatic carbocycles. The lowest BCUT2D eigenvalue weighted by molar-refractivity contribution is -0.153. The van der Waals surface area contributed by atoms with Crippen molar-refractivity contribution in [2.45, 2.75) is 83.8 Å². The van der Waals surface area contributed by atoms with Crippen molar-refractivity contribution in [1.82, 2.24) is 0 Å². The van der Waals surface area contributed by atoms with E-state index in [1.165, 1.54) is 12.8 Å². The van der Waals surface area contributed by atoms with Crippen molar-refractivity contribution in [2.75, 3.05) is 13.2 Å². The van der Waals surface area contributed by atoms with Gasteiger partial charge in [0.25, 0.3) is 0 Å². The van der Waals surface area contributed by atoms with Gasteiger partial charge in [0.15, 0.2) is 0 Å². The van der Waals surface area contributed by atoms with Crippen LogP contribution in [0.2, 0.25) is 0 Å². The zero-order valence-electron chi connectivity index (χ0n) is 15.2. The van der Waals surface area contributed by atoms with E-state index < -0.39 is 38.4 Å². The molecule has 0 spiro atoms. The maximum atomic E-state index is 11.2. The molecular formula is C17H28Cl6O4. The van der Waals surface area contributed by atoms with Crippen molar-refractivity contribution in [3.63, 3.8) is 0 Å². The smallest absolute Gasteiger partial charge is 0.306 e. The number of hydrogen-bond donors (Lipinski definition) is 2. The predicted octanol–water partition coefficient (Wildman–Crippen LogP) is 4.89. The third-order valence-corrected chi connectivity index (χ3v) is 8.05. The van der Waals surface area contributed by atoms with Gasteiger partial charge in [0, 0.05) is 6.42 Å². The number of halogens is 6. The Labute approximate surface area is 191 Å². The zero-order chi connectivity index (χ0) is 21.0. The van der Waals surface area contributed by atoms with Crippen LogP contribution in [0.25, 0.3) is 0 Å². The van der Waals surface area contributed by atoms with E-state index in [4.69, 9.17) is 84.6 Å². The van der Waals surface area contributed by atoms with E-state index in [0.29, 0.717) is 6.42 Å². The van der Waals surface area contributed by atoms with E-state index in [1.54, 1.807) is 0 Å². The second kappa shape index (κ2) is 15.9. The Bertz CT molecular complexity index is 341. The van der Waals surface area contributed by atoms with Gasteiger partial charge in [-0.3, -0.25) is 4.79 Å². The molecule has 0 amide bonds. The number of carbonyl (C=O) groups is 1. The van der Waals surface area contributed by atoms with Gasteiger partial charge >= 0.3 is 5.97 Å². The maximum absolute atomic E-state index is 11.2. The summed E-state index contributed by atoms with van der Waals surface area (Å²) in [5.41, 5.74) is 0. The molecular weight excluding hydrogens is 481 g/mol. The second-order valence-electron chi connectivity index (χ2n) is 6.31. The molecule has 0 atom stereocenters. The van der Waals surface area contributed by atoms with Crippen LogP contribution >= 0.6 is 69.6 Å². The Morgan fingerprint density at radius 1 is 0.778 bits per heavy atom. The molecule has 1 saturated carbocycles. The number of alkyl halides is 6. The molecule has 1 rings (SSSR count). The largest absolute Gasteiger partial charge is 0.457 e. The topological polar surface area (TPSA) is 66.8 Å². The molecule has 0 aromatic heterocycles. The molecule has 10 heteroatoms. The Morgan fingerprint density at radius 3 is 1.48 bits per heavy atom. The SMILES string of the molecule is CCCCCCCC(=O)OC(CO)CO.ClC1C(Cl)C(Cl)C(Cl)C(Cl)C1Cl. The van der Waals surface area contributed by atoms with Crippen LogP contribution in [0.3, 0.4) is 0 Å². The monoisotopic (exact) mass is 506 g/mol. The number of rotatable bonds is 9. The molecule has 0 bridgehead atoms. The summed E-state index contributed by atoms with van der Waals surface area (Å²) in [6.07, 6.45) is 5.00. The minimum absolute atomic E-state index is 0.321. The Kier molecular flexibility index (Phi) is 16.6. The molecule has 0 radical (unpaired) electrons. The van der Waals surface area contributed by atoms with Crippen molar-refractivity contribution in [3.05, 3.63) is 0 Å². The lowest BCUT2D eigenvalue weighted by atomic mass is 9.97. The van der Waals surface area contributed by atoms with Crippen LogP contribution in [-0.4, -0.2) is 67.8 Å². The van der Waals surface area contributed by atoms with Gasteiger partial charge in [-0.2, -0.15) is 0 Å². The number of carbonyl (C=O) groups excluding carboxylic acids is 1. The summed E-state index contributed by atoms with van der Waals surface area (Å²) in [5, 5.41) is 14.7. The van der Waals surface area contributed by atoms with Crippen LogP contribution in [0.5, 0.6) is 0 Å². The quantitative estimate of drug-likeness (QED) is 0.264. The normalized spacial score (nSPS) is 30.6. The lowest BCUT2D eigenvalue weighted by Gasteiger charge is -2.37. The van der Waals surface area contributed by atoms with Crippen LogP contribution < -0.4 is 0 Å². The summed E-state index contributed by atoms with van der Waals surface area (Å²) in [7, 11) is 0. The number of hydrogen-bond acceptors (Lipinski definition) is 4. The van der Waals surface area contributed by atoms with Gasteiger partial charge in [-0.15, -0.1) is 69.6 Å². The minimum Gasteiger partial charge on any atom is -0.457 e. The molecule has 0 aliphatic heterocycles. The summed E-state index contributed by atoms with van der Waals surface area (Å²) in [6, 6.07) is 0. The van der Waals surface area contributed by atoms with Crippen LogP contribution in [0.15, 0.2) is 0 Å². The number of esters is 1. The van der Waals surface area contributed by atoms with Crippen molar-refractivity contribution in [3.8, 4) is 0 Å². The fraction of sp³-hybridized carbons (Fsp3) is 0.941. The molecule has 0 unspecified atom stereocenters. The van der Waals surface area contributed by atoms with Crippen LogP contribution in [-0.2, 0) is 9.53 Å². The fourth-order valence-electron chi connectivity index (χ4n) is 2.30.